The van der Waals surface area contributed by atoms with Gasteiger partial charge in [-0.1, -0.05) is 0 Å². The van der Waals surface area contributed by atoms with Gasteiger partial charge >= 0.3 is 5.63 Å². The van der Waals surface area contributed by atoms with Crippen LogP contribution in [-0.2, 0) is 16.0 Å². The monoisotopic (exact) mass is 432 g/mol. The zero-order chi connectivity index (χ0) is 23.0. The number of amides is 2. The molecule has 2 N–H and O–H groups in total. The summed E-state index contributed by atoms with van der Waals surface area (Å²) in [5, 5.41) is 7.32. The minimum atomic E-state index is -0.437. The Labute approximate surface area is 184 Å². The van der Waals surface area contributed by atoms with Gasteiger partial charge in [0.25, 0.3) is 0 Å². The van der Waals surface area contributed by atoms with Crippen molar-refractivity contribution in [3.8, 4) is 0 Å². The average molecular weight is 432 g/mol. The van der Waals surface area contributed by atoms with Crippen molar-refractivity contribution in [2.45, 2.75) is 40.5 Å². The molecule has 7 nitrogen and oxygen atoms in total. The van der Waals surface area contributed by atoms with Crippen LogP contribution in [0.3, 0.4) is 0 Å². The van der Waals surface area contributed by atoms with Crippen LogP contribution in [0.2, 0.25) is 0 Å². The van der Waals surface area contributed by atoms with Gasteiger partial charge in [0.15, 0.2) is 0 Å². The van der Waals surface area contributed by atoms with Gasteiger partial charge < -0.3 is 19.5 Å². The fourth-order valence-electron chi connectivity index (χ4n) is 3.91. The van der Waals surface area contributed by atoms with Crippen LogP contribution in [0, 0.1) is 20.8 Å². The van der Waals surface area contributed by atoms with Crippen LogP contribution >= 0.6 is 0 Å². The van der Waals surface area contributed by atoms with E-state index in [4.69, 9.17) is 8.83 Å². The Morgan fingerprint density at radius 3 is 2.22 bits per heavy atom. The maximum absolute atomic E-state index is 12.7. The first-order valence-electron chi connectivity index (χ1n) is 10.4. The third-order valence-corrected chi connectivity index (χ3v) is 5.63. The van der Waals surface area contributed by atoms with Gasteiger partial charge in [-0.2, -0.15) is 0 Å². The summed E-state index contributed by atoms with van der Waals surface area (Å²) in [6.07, 6.45) is 2.09. The normalized spacial score (nSPS) is 11.1. The molecule has 0 aliphatic heterocycles. The van der Waals surface area contributed by atoms with Crippen molar-refractivity contribution in [3.63, 3.8) is 0 Å². The molecule has 164 valence electrons. The van der Waals surface area contributed by atoms with E-state index in [0.29, 0.717) is 28.1 Å². The van der Waals surface area contributed by atoms with Gasteiger partial charge in [-0.15, -0.1) is 0 Å². The van der Waals surface area contributed by atoms with Crippen molar-refractivity contribution in [2.75, 3.05) is 10.6 Å². The van der Waals surface area contributed by atoms with Gasteiger partial charge in [-0.05, 0) is 68.7 Å². The number of carbonyl (C=O) groups excluding carboxylic acids is 2. The largest absolute Gasteiger partial charge is 0.464 e. The predicted molar refractivity (Wildman–Crippen MR) is 124 cm³/mol. The molecule has 0 atom stereocenters. The van der Waals surface area contributed by atoms with Crippen molar-refractivity contribution < 1.29 is 18.4 Å². The Morgan fingerprint density at radius 1 is 0.906 bits per heavy atom. The molecule has 0 bridgehead atoms. The molecule has 0 spiro atoms. The number of hydrogen-bond acceptors (Lipinski definition) is 5. The lowest BCUT2D eigenvalue weighted by atomic mass is 9.98. The molecule has 0 radical (unpaired) electrons. The lowest BCUT2D eigenvalue weighted by molar-refractivity contribution is -0.116. The van der Waals surface area contributed by atoms with Crippen molar-refractivity contribution in [3.05, 3.63) is 69.3 Å². The van der Waals surface area contributed by atoms with Crippen LogP contribution in [0.5, 0.6) is 0 Å². The predicted octanol–water partition coefficient (Wildman–Crippen LogP) is 4.99. The summed E-state index contributed by atoms with van der Waals surface area (Å²) in [5.41, 5.74) is 5.17. The highest BCUT2D eigenvalue weighted by Gasteiger charge is 2.18. The Hall–Kier alpha value is -3.87. The van der Waals surface area contributed by atoms with Crippen molar-refractivity contribution >= 4 is 45.1 Å². The van der Waals surface area contributed by atoms with Crippen LogP contribution < -0.4 is 16.3 Å². The van der Waals surface area contributed by atoms with Crippen LogP contribution in [-0.4, -0.2) is 11.8 Å². The van der Waals surface area contributed by atoms with Crippen molar-refractivity contribution in [2.24, 2.45) is 0 Å². The number of benzene rings is 2. The SMILES string of the molecule is CC(=O)Nc1ccc(NC(=O)CCc2c(C)c3cc4c(C)coc4c(C)c3oc2=O)cc1. The van der Waals surface area contributed by atoms with Crippen LogP contribution in [0.4, 0.5) is 11.4 Å². The molecule has 0 saturated carbocycles. The molecule has 4 aromatic rings. The van der Waals surface area contributed by atoms with Gasteiger partial charge in [-0.3, -0.25) is 9.59 Å². The molecule has 2 aromatic heterocycles. The van der Waals surface area contributed by atoms with Gasteiger partial charge in [0.05, 0.1) is 6.26 Å². The molecule has 2 amide bonds. The third kappa shape index (κ3) is 4.01. The summed E-state index contributed by atoms with van der Waals surface area (Å²) >= 11 is 0. The molecule has 7 heteroatoms. The zero-order valence-electron chi connectivity index (χ0n) is 18.4. The van der Waals surface area contributed by atoms with E-state index in [1.54, 1.807) is 30.5 Å². The first-order valence-corrected chi connectivity index (χ1v) is 10.4. The number of furan rings is 1. The summed E-state index contributed by atoms with van der Waals surface area (Å²) in [4.78, 5) is 36.2. The Morgan fingerprint density at radius 2 is 1.56 bits per heavy atom. The first kappa shape index (κ1) is 21.4. The number of hydrogen-bond donors (Lipinski definition) is 2. The number of fused-ring (bicyclic) bond motifs is 2. The van der Waals surface area contributed by atoms with Gasteiger partial charge in [0, 0.05) is 46.6 Å². The van der Waals surface area contributed by atoms with E-state index in [-0.39, 0.29) is 24.7 Å². The second-order valence-corrected chi connectivity index (χ2v) is 7.97. The molecule has 2 heterocycles. The fourth-order valence-corrected chi connectivity index (χ4v) is 3.91. The summed E-state index contributed by atoms with van der Waals surface area (Å²) in [5.74, 6) is -0.376. The molecular weight excluding hydrogens is 408 g/mol. The highest BCUT2D eigenvalue weighted by Crippen LogP contribution is 2.32. The Balaban J connectivity index is 1.54. The molecule has 0 unspecified atom stereocenters. The fraction of sp³-hybridized carbons (Fsp3) is 0.240. The smallest absolute Gasteiger partial charge is 0.339 e. The minimum Gasteiger partial charge on any atom is -0.464 e. The lowest BCUT2D eigenvalue weighted by Crippen LogP contribution is -2.17. The summed E-state index contributed by atoms with van der Waals surface area (Å²) in [6, 6.07) is 8.81. The van der Waals surface area contributed by atoms with E-state index in [9.17, 15) is 14.4 Å². The molecule has 0 aliphatic rings. The van der Waals surface area contributed by atoms with Crippen LogP contribution in [0.25, 0.3) is 21.9 Å². The topological polar surface area (TPSA) is 102 Å². The summed E-state index contributed by atoms with van der Waals surface area (Å²) in [7, 11) is 0. The maximum Gasteiger partial charge on any atom is 0.339 e. The second-order valence-electron chi connectivity index (χ2n) is 7.97. The van der Waals surface area contributed by atoms with E-state index < -0.39 is 5.63 Å². The Bertz CT molecular complexity index is 1410. The molecule has 0 fully saturated rings. The van der Waals surface area contributed by atoms with E-state index in [0.717, 1.165) is 27.5 Å². The summed E-state index contributed by atoms with van der Waals surface area (Å²) < 4.78 is 11.3. The molecule has 2 aromatic carbocycles. The third-order valence-electron chi connectivity index (χ3n) is 5.63. The highest BCUT2D eigenvalue weighted by atomic mass is 16.4. The van der Waals surface area contributed by atoms with E-state index in [2.05, 4.69) is 10.6 Å². The first-order chi connectivity index (χ1) is 15.2. The maximum atomic E-state index is 12.7. The average Bonchev–Trinajstić information content (AvgIpc) is 3.11. The van der Waals surface area contributed by atoms with Crippen LogP contribution in [0.1, 0.15) is 35.6 Å². The lowest BCUT2D eigenvalue weighted by Gasteiger charge is -2.10. The number of rotatable bonds is 5. The summed E-state index contributed by atoms with van der Waals surface area (Å²) in [6.45, 7) is 7.16. The number of carbonyl (C=O) groups is 2. The second kappa shape index (κ2) is 8.34. The molecule has 32 heavy (non-hydrogen) atoms. The zero-order valence-corrected chi connectivity index (χ0v) is 18.4. The van der Waals surface area contributed by atoms with E-state index in [1.165, 1.54) is 6.92 Å². The van der Waals surface area contributed by atoms with Gasteiger partial charge in [-0.25, -0.2) is 4.79 Å². The van der Waals surface area contributed by atoms with Crippen molar-refractivity contribution in [1.82, 2.24) is 0 Å². The van der Waals surface area contributed by atoms with Crippen molar-refractivity contribution in [1.29, 1.82) is 0 Å². The minimum absolute atomic E-state index is 0.135. The van der Waals surface area contributed by atoms with E-state index >= 15 is 0 Å². The molecular formula is C25H24N2O5. The number of aryl methyl sites for hydroxylation is 3. The van der Waals surface area contributed by atoms with Gasteiger partial charge in [0.2, 0.25) is 11.8 Å². The molecule has 0 saturated heterocycles. The molecule has 4 rings (SSSR count). The Kier molecular flexibility index (Phi) is 5.57. The number of nitrogens with one attached hydrogen (secondary N) is 2. The molecule has 0 aliphatic carbocycles. The van der Waals surface area contributed by atoms with E-state index in [1.807, 2.05) is 26.8 Å². The standard InChI is InChI=1S/C25H24N2O5/c1-13-12-31-23-15(3)24-21(11-20(13)23)14(2)19(25(30)32-24)9-10-22(29)27-18-7-5-17(6-8-18)26-16(4)28/h5-8,11-12H,9-10H2,1-4H3,(H,26,28)(H,27,29). The number of anilines is 2. The van der Waals surface area contributed by atoms with Crippen LogP contribution in [0.15, 0.2) is 50.2 Å². The highest BCUT2D eigenvalue weighted by molar-refractivity contribution is 6.00. The quantitative estimate of drug-likeness (QED) is 0.433. The van der Waals surface area contributed by atoms with Gasteiger partial charge in [0.1, 0.15) is 11.2 Å².